The Morgan fingerprint density at radius 1 is 0.929 bits per heavy atom. The molecule has 5 heteroatoms. The molecule has 0 unspecified atom stereocenters. The molecular formula is C23H30N4O. The maximum absolute atomic E-state index is 12.5. The number of anilines is 1. The molecule has 0 saturated carbocycles. The number of hydrogen-bond donors (Lipinski definition) is 2. The molecule has 148 valence electrons. The number of carbonyl (C=O) groups excluding carboxylic acids is 1. The first-order chi connectivity index (χ1) is 13.8. The lowest BCUT2D eigenvalue weighted by Gasteiger charge is -2.36. The molecule has 0 spiro atoms. The number of hydrogen-bond acceptors (Lipinski definition) is 4. The minimum atomic E-state index is 0.0473. The third-order valence-electron chi connectivity index (χ3n) is 5.79. The van der Waals surface area contributed by atoms with Crippen molar-refractivity contribution >= 4 is 11.6 Å². The number of benzene rings is 2. The normalized spacial score (nSPS) is 18.8. The Morgan fingerprint density at radius 2 is 1.61 bits per heavy atom. The average Bonchev–Trinajstić information content (AvgIpc) is 2.76. The number of rotatable bonds is 5. The van der Waals surface area contributed by atoms with Crippen LogP contribution < -0.4 is 15.5 Å². The molecule has 2 fully saturated rings. The average molecular weight is 379 g/mol. The third-order valence-corrected chi connectivity index (χ3v) is 5.79. The summed E-state index contributed by atoms with van der Waals surface area (Å²) in [5, 5.41) is 6.49. The van der Waals surface area contributed by atoms with Crippen LogP contribution in [0.1, 0.15) is 28.8 Å². The first kappa shape index (κ1) is 19.0. The zero-order chi connectivity index (χ0) is 19.2. The number of piperazine rings is 1. The third kappa shape index (κ3) is 4.91. The van der Waals surface area contributed by atoms with Gasteiger partial charge in [-0.05, 0) is 55.8 Å². The Bertz CT molecular complexity index is 748. The monoisotopic (exact) mass is 378 g/mol. The molecule has 0 radical (unpaired) electrons. The van der Waals surface area contributed by atoms with Gasteiger partial charge < -0.3 is 15.5 Å². The molecule has 4 rings (SSSR count). The summed E-state index contributed by atoms with van der Waals surface area (Å²) in [6, 6.07) is 19.1. The van der Waals surface area contributed by atoms with Crippen LogP contribution in [0.3, 0.4) is 0 Å². The van der Waals surface area contributed by atoms with E-state index in [4.69, 9.17) is 0 Å². The molecule has 2 aromatic rings. The van der Waals surface area contributed by atoms with E-state index < -0.39 is 0 Å². The fraction of sp³-hybridized carbons (Fsp3) is 0.435. The minimum absolute atomic E-state index is 0.0473. The van der Waals surface area contributed by atoms with Crippen molar-refractivity contribution in [1.29, 1.82) is 0 Å². The quantitative estimate of drug-likeness (QED) is 0.839. The summed E-state index contributed by atoms with van der Waals surface area (Å²) < 4.78 is 0. The second-order valence-corrected chi connectivity index (χ2v) is 7.79. The highest BCUT2D eigenvalue weighted by atomic mass is 16.1. The van der Waals surface area contributed by atoms with Crippen molar-refractivity contribution in [3.8, 4) is 0 Å². The molecule has 0 aliphatic carbocycles. The Morgan fingerprint density at radius 3 is 2.29 bits per heavy atom. The largest absolute Gasteiger partial charge is 0.369 e. The van der Waals surface area contributed by atoms with E-state index in [1.165, 1.54) is 11.3 Å². The molecule has 2 aliphatic heterocycles. The van der Waals surface area contributed by atoms with Crippen LogP contribution in [-0.2, 0) is 6.54 Å². The maximum atomic E-state index is 12.5. The summed E-state index contributed by atoms with van der Waals surface area (Å²) in [5.74, 6) is 0.0473. The lowest BCUT2D eigenvalue weighted by atomic mass is 10.1. The van der Waals surface area contributed by atoms with Crippen LogP contribution in [0, 0.1) is 0 Å². The summed E-state index contributed by atoms with van der Waals surface area (Å²) in [6.45, 7) is 7.16. The summed E-state index contributed by atoms with van der Waals surface area (Å²) in [5.41, 5.74) is 3.34. The van der Waals surface area contributed by atoms with Gasteiger partial charge in [-0.3, -0.25) is 9.69 Å². The van der Waals surface area contributed by atoms with E-state index in [1.807, 2.05) is 12.1 Å². The molecule has 1 amide bonds. The maximum Gasteiger partial charge on any atom is 0.251 e. The van der Waals surface area contributed by atoms with Crippen LogP contribution in [0.2, 0.25) is 0 Å². The Balaban J connectivity index is 1.28. The van der Waals surface area contributed by atoms with Crippen molar-refractivity contribution in [2.75, 3.05) is 44.2 Å². The molecule has 5 nitrogen and oxygen atoms in total. The van der Waals surface area contributed by atoms with Gasteiger partial charge in [-0.1, -0.05) is 30.3 Å². The van der Waals surface area contributed by atoms with Gasteiger partial charge >= 0.3 is 0 Å². The van der Waals surface area contributed by atoms with E-state index in [9.17, 15) is 4.79 Å². The predicted molar refractivity (Wildman–Crippen MR) is 114 cm³/mol. The molecular weight excluding hydrogens is 348 g/mol. The number of piperidine rings is 1. The van der Waals surface area contributed by atoms with Gasteiger partial charge in [0.05, 0.1) is 0 Å². The van der Waals surface area contributed by atoms with Gasteiger partial charge in [-0.2, -0.15) is 0 Å². The van der Waals surface area contributed by atoms with Crippen LogP contribution in [0.15, 0.2) is 54.6 Å². The smallest absolute Gasteiger partial charge is 0.251 e. The second-order valence-electron chi connectivity index (χ2n) is 7.79. The summed E-state index contributed by atoms with van der Waals surface area (Å²) in [6.07, 6.45) is 2.02. The van der Waals surface area contributed by atoms with Crippen molar-refractivity contribution in [3.05, 3.63) is 65.7 Å². The van der Waals surface area contributed by atoms with Gasteiger partial charge in [-0.15, -0.1) is 0 Å². The van der Waals surface area contributed by atoms with Crippen molar-refractivity contribution < 1.29 is 4.79 Å². The van der Waals surface area contributed by atoms with Crippen LogP contribution in [-0.4, -0.2) is 56.1 Å². The first-order valence-electron chi connectivity index (χ1n) is 10.4. The van der Waals surface area contributed by atoms with Crippen molar-refractivity contribution in [2.24, 2.45) is 0 Å². The molecule has 2 aromatic carbocycles. The number of nitrogens with zero attached hydrogens (tertiary/aromatic N) is 2. The van der Waals surface area contributed by atoms with Gasteiger partial charge in [0, 0.05) is 50.0 Å². The first-order valence-corrected chi connectivity index (χ1v) is 10.4. The molecule has 2 aliphatic rings. The summed E-state index contributed by atoms with van der Waals surface area (Å²) in [7, 11) is 0. The number of carbonyl (C=O) groups is 1. The van der Waals surface area contributed by atoms with Crippen molar-refractivity contribution in [3.63, 3.8) is 0 Å². The lowest BCUT2D eigenvalue weighted by Crippen LogP contribution is -2.46. The van der Waals surface area contributed by atoms with E-state index in [-0.39, 0.29) is 5.91 Å². The zero-order valence-electron chi connectivity index (χ0n) is 16.4. The number of nitrogens with one attached hydrogen (secondary N) is 2. The predicted octanol–water partition coefficient (Wildman–Crippen LogP) is 2.49. The highest BCUT2D eigenvalue weighted by Crippen LogP contribution is 2.18. The molecule has 0 bridgehead atoms. The standard InChI is InChI=1S/C23H30N4O/c28-23(25-21-10-12-24-13-11-21)20-6-8-22(9-7-20)27-16-14-26(15-17-27)18-19-4-2-1-3-5-19/h1-9,21,24H,10-18H2,(H,25,28). The minimum Gasteiger partial charge on any atom is -0.369 e. The highest BCUT2D eigenvalue weighted by Gasteiger charge is 2.19. The topological polar surface area (TPSA) is 47.6 Å². The van der Waals surface area contributed by atoms with Crippen LogP contribution in [0.4, 0.5) is 5.69 Å². The molecule has 28 heavy (non-hydrogen) atoms. The lowest BCUT2D eigenvalue weighted by molar-refractivity contribution is 0.0929. The number of amides is 1. The summed E-state index contributed by atoms with van der Waals surface area (Å²) >= 11 is 0. The van der Waals surface area contributed by atoms with Gasteiger partial charge in [0.25, 0.3) is 5.91 Å². The van der Waals surface area contributed by atoms with Crippen molar-refractivity contribution in [2.45, 2.75) is 25.4 Å². The van der Waals surface area contributed by atoms with E-state index in [1.54, 1.807) is 0 Å². The van der Waals surface area contributed by atoms with Gasteiger partial charge in [0.15, 0.2) is 0 Å². The molecule has 2 N–H and O–H groups in total. The van der Waals surface area contributed by atoms with E-state index in [0.29, 0.717) is 6.04 Å². The second kappa shape index (κ2) is 9.22. The SMILES string of the molecule is O=C(NC1CCNCC1)c1ccc(N2CCN(Cc3ccccc3)CC2)cc1. The van der Waals surface area contributed by atoms with Crippen LogP contribution >= 0.6 is 0 Å². The Hall–Kier alpha value is -2.37. The van der Waals surface area contributed by atoms with Crippen LogP contribution in [0.25, 0.3) is 0 Å². The Labute approximate surface area is 167 Å². The zero-order valence-corrected chi connectivity index (χ0v) is 16.4. The fourth-order valence-corrected chi connectivity index (χ4v) is 4.06. The van der Waals surface area contributed by atoms with Crippen LogP contribution in [0.5, 0.6) is 0 Å². The van der Waals surface area contributed by atoms with Crippen molar-refractivity contribution in [1.82, 2.24) is 15.5 Å². The summed E-state index contributed by atoms with van der Waals surface area (Å²) in [4.78, 5) is 17.4. The van der Waals surface area contributed by atoms with E-state index in [0.717, 1.165) is 64.2 Å². The van der Waals surface area contributed by atoms with E-state index in [2.05, 4.69) is 62.9 Å². The molecule has 2 saturated heterocycles. The van der Waals surface area contributed by atoms with Gasteiger partial charge in [-0.25, -0.2) is 0 Å². The fourth-order valence-electron chi connectivity index (χ4n) is 4.06. The van der Waals surface area contributed by atoms with Gasteiger partial charge in [0.1, 0.15) is 0 Å². The molecule has 0 atom stereocenters. The van der Waals surface area contributed by atoms with E-state index >= 15 is 0 Å². The molecule has 0 aromatic heterocycles. The Kier molecular flexibility index (Phi) is 6.24. The van der Waals surface area contributed by atoms with Gasteiger partial charge in [0.2, 0.25) is 0 Å². The molecule has 2 heterocycles. The highest BCUT2D eigenvalue weighted by molar-refractivity contribution is 5.94.